The maximum Gasteiger partial charge on any atom is 0.202 e. The summed E-state index contributed by atoms with van der Waals surface area (Å²) in [5.74, 6) is 1.50. The second-order valence-electron chi connectivity index (χ2n) is 4.81. The molecule has 0 amide bonds. The molecule has 1 saturated carbocycles. The van der Waals surface area contributed by atoms with E-state index in [1.54, 1.807) is 0 Å². The van der Waals surface area contributed by atoms with Crippen LogP contribution in [0.5, 0.6) is 0 Å². The highest BCUT2D eigenvalue weighted by Crippen LogP contribution is 2.29. The standard InChI is InChI=1S/C12H21N3OS/c1-9-13-12(17-15-9)14-11(7-8-16)10-5-3-2-4-6-10/h10-11,16H,2-8H2,1H3,(H,13,14,15)/t11-/m0/s1. The van der Waals surface area contributed by atoms with Crippen molar-refractivity contribution in [2.75, 3.05) is 11.9 Å². The largest absolute Gasteiger partial charge is 0.396 e. The minimum atomic E-state index is 0.242. The number of nitrogens with one attached hydrogen (secondary N) is 1. The molecule has 96 valence electrons. The van der Waals surface area contributed by atoms with Crippen molar-refractivity contribution >= 4 is 16.7 Å². The molecule has 1 aromatic rings. The Morgan fingerprint density at radius 3 is 2.76 bits per heavy atom. The second-order valence-corrected chi connectivity index (χ2v) is 5.56. The first kappa shape index (κ1) is 12.8. The average Bonchev–Trinajstić information content (AvgIpc) is 2.75. The summed E-state index contributed by atoms with van der Waals surface area (Å²) in [4.78, 5) is 4.34. The molecular weight excluding hydrogens is 234 g/mol. The molecular formula is C12H21N3OS. The maximum absolute atomic E-state index is 9.18. The summed E-state index contributed by atoms with van der Waals surface area (Å²) < 4.78 is 4.18. The van der Waals surface area contributed by atoms with Gasteiger partial charge < -0.3 is 10.4 Å². The van der Waals surface area contributed by atoms with Crippen molar-refractivity contribution < 1.29 is 5.11 Å². The lowest BCUT2D eigenvalue weighted by Gasteiger charge is -2.30. The molecule has 2 N–H and O–H groups in total. The van der Waals surface area contributed by atoms with Gasteiger partial charge in [-0.3, -0.25) is 0 Å². The Labute approximate surface area is 107 Å². The van der Waals surface area contributed by atoms with Crippen LogP contribution in [0.25, 0.3) is 0 Å². The number of aliphatic hydroxyl groups is 1. The first-order valence-electron chi connectivity index (χ1n) is 6.47. The van der Waals surface area contributed by atoms with Crippen LogP contribution in [0.2, 0.25) is 0 Å². The summed E-state index contributed by atoms with van der Waals surface area (Å²) in [5, 5.41) is 13.5. The normalized spacial score (nSPS) is 19.2. The fourth-order valence-corrected chi connectivity index (χ4v) is 3.25. The first-order valence-corrected chi connectivity index (χ1v) is 7.24. The number of hydrogen-bond acceptors (Lipinski definition) is 5. The van der Waals surface area contributed by atoms with E-state index in [1.807, 2.05) is 6.92 Å². The zero-order valence-electron chi connectivity index (χ0n) is 10.4. The molecule has 1 heterocycles. The van der Waals surface area contributed by atoms with Gasteiger partial charge in [0.15, 0.2) is 0 Å². The summed E-state index contributed by atoms with van der Waals surface area (Å²) in [5.41, 5.74) is 0. The smallest absolute Gasteiger partial charge is 0.202 e. The van der Waals surface area contributed by atoms with E-state index in [0.29, 0.717) is 12.0 Å². The maximum atomic E-state index is 9.18. The van der Waals surface area contributed by atoms with Crippen LogP contribution in [0.15, 0.2) is 0 Å². The van der Waals surface area contributed by atoms with E-state index >= 15 is 0 Å². The molecule has 1 aromatic heterocycles. The van der Waals surface area contributed by atoms with E-state index in [1.165, 1.54) is 43.6 Å². The van der Waals surface area contributed by atoms with Crippen LogP contribution in [-0.4, -0.2) is 27.1 Å². The third-order valence-corrected chi connectivity index (χ3v) is 4.23. The first-order chi connectivity index (χ1) is 8.29. The highest BCUT2D eigenvalue weighted by atomic mass is 32.1. The molecule has 2 rings (SSSR count). The monoisotopic (exact) mass is 255 g/mol. The van der Waals surface area contributed by atoms with Gasteiger partial charge in [-0.15, -0.1) is 0 Å². The van der Waals surface area contributed by atoms with Crippen molar-refractivity contribution in [1.29, 1.82) is 0 Å². The number of aliphatic hydroxyl groups excluding tert-OH is 1. The molecule has 0 aliphatic heterocycles. The Morgan fingerprint density at radius 1 is 1.41 bits per heavy atom. The van der Waals surface area contributed by atoms with Gasteiger partial charge in [0.05, 0.1) is 0 Å². The molecule has 0 bridgehead atoms. The van der Waals surface area contributed by atoms with Gasteiger partial charge in [-0.25, -0.2) is 4.98 Å². The third kappa shape index (κ3) is 3.64. The minimum absolute atomic E-state index is 0.242. The molecule has 0 spiro atoms. The molecule has 1 aliphatic rings. The average molecular weight is 255 g/mol. The zero-order valence-corrected chi connectivity index (χ0v) is 11.2. The molecule has 1 atom stereocenters. The van der Waals surface area contributed by atoms with Gasteiger partial charge >= 0.3 is 0 Å². The van der Waals surface area contributed by atoms with Gasteiger partial charge in [-0.05, 0) is 32.1 Å². The molecule has 0 saturated heterocycles. The van der Waals surface area contributed by atoms with E-state index in [4.69, 9.17) is 0 Å². The van der Waals surface area contributed by atoms with Gasteiger partial charge in [0.2, 0.25) is 5.13 Å². The summed E-state index contributed by atoms with van der Waals surface area (Å²) in [6, 6.07) is 0.354. The van der Waals surface area contributed by atoms with Crippen LogP contribution >= 0.6 is 11.5 Å². The van der Waals surface area contributed by atoms with Crippen molar-refractivity contribution in [3.63, 3.8) is 0 Å². The Hall–Kier alpha value is -0.680. The van der Waals surface area contributed by atoms with Gasteiger partial charge in [0.25, 0.3) is 0 Å². The lowest BCUT2D eigenvalue weighted by Crippen LogP contribution is -2.31. The van der Waals surface area contributed by atoms with Crippen molar-refractivity contribution in [2.45, 2.75) is 51.5 Å². The molecule has 17 heavy (non-hydrogen) atoms. The minimum Gasteiger partial charge on any atom is -0.396 e. The quantitative estimate of drug-likeness (QED) is 0.849. The van der Waals surface area contributed by atoms with E-state index in [9.17, 15) is 5.11 Å². The molecule has 1 aliphatic carbocycles. The lowest BCUT2D eigenvalue weighted by atomic mass is 9.83. The summed E-state index contributed by atoms with van der Waals surface area (Å²) >= 11 is 1.41. The summed E-state index contributed by atoms with van der Waals surface area (Å²) in [6.07, 6.45) is 7.36. The van der Waals surface area contributed by atoms with Gasteiger partial charge in [0, 0.05) is 24.2 Å². The van der Waals surface area contributed by atoms with Crippen LogP contribution in [-0.2, 0) is 0 Å². The highest BCUT2D eigenvalue weighted by molar-refractivity contribution is 7.09. The number of anilines is 1. The molecule has 0 radical (unpaired) electrons. The Morgan fingerprint density at radius 2 is 2.18 bits per heavy atom. The Balaban J connectivity index is 1.95. The predicted molar refractivity (Wildman–Crippen MR) is 70.3 cm³/mol. The van der Waals surface area contributed by atoms with E-state index in [0.717, 1.165) is 17.4 Å². The van der Waals surface area contributed by atoms with Crippen LogP contribution in [0.1, 0.15) is 44.3 Å². The van der Waals surface area contributed by atoms with Crippen molar-refractivity contribution in [1.82, 2.24) is 9.36 Å². The van der Waals surface area contributed by atoms with E-state index in [-0.39, 0.29) is 6.61 Å². The number of hydrogen-bond donors (Lipinski definition) is 2. The van der Waals surface area contributed by atoms with Crippen LogP contribution < -0.4 is 5.32 Å². The SMILES string of the molecule is Cc1nsc(N[C@@H](CCO)C2CCCCC2)n1. The Bertz CT molecular complexity index is 336. The fourth-order valence-electron chi connectivity index (χ4n) is 2.62. The van der Waals surface area contributed by atoms with E-state index < -0.39 is 0 Å². The molecule has 1 fully saturated rings. The van der Waals surface area contributed by atoms with Gasteiger partial charge in [0.1, 0.15) is 5.82 Å². The zero-order chi connectivity index (χ0) is 12.1. The topological polar surface area (TPSA) is 58.0 Å². The van der Waals surface area contributed by atoms with Crippen LogP contribution in [0, 0.1) is 12.8 Å². The Kier molecular flexibility index (Phi) is 4.74. The predicted octanol–water partition coefficient (Wildman–Crippen LogP) is 2.59. The van der Waals surface area contributed by atoms with E-state index in [2.05, 4.69) is 14.7 Å². The number of rotatable bonds is 5. The number of aryl methyl sites for hydroxylation is 1. The third-order valence-electron chi connectivity index (χ3n) is 3.50. The van der Waals surface area contributed by atoms with Crippen molar-refractivity contribution in [3.05, 3.63) is 5.82 Å². The molecule has 0 unspecified atom stereocenters. The molecule has 0 aromatic carbocycles. The number of nitrogens with zero attached hydrogens (tertiary/aromatic N) is 2. The molecule has 5 heteroatoms. The lowest BCUT2D eigenvalue weighted by molar-refractivity contribution is 0.239. The van der Waals surface area contributed by atoms with Gasteiger partial charge in [-0.2, -0.15) is 4.37 Å². The molecule has 4 nitrogen and oxygen atoms in total. The number of aromatic nitrogens is 2. The van der Waals surface area contributed by atoms with Crippen LogP contribution in [0.3, 0.4) is 0 Å². The van der Waals surface area contributed by atoms with Gasteiger partial charge in [-0.1, -0.05) is 19.3 Å². The fraction of sp³-hybridized carbons (Fsp3) is 0.833. The highest BCUT2D eigenvalue weighted by Gasteiger charge is 2.23. The second kappa shape index (κ2) is 6.31. The van der Waals surface area contributed by atoms with Crippen molar-refractivity contribution in [2.24, 2.45) is 5.92 Å². The van der Waals surface area contributed by atoms with Crippen LogP contribution in [0.4, 0.5) is 5.13 Å². The van der Waals surface area contributed by atoms with Crippen molar-refractivity contribution in [3.8, 4) is 0 Å². The summed E-state index contributed by atoms with van der Waals surface area (Å²) in [6.45, 7) is 2.15. The summed E-state index contributed by atoms with van der Waals surface area (Å²) in [7, 11) is 0.